The first-order valence-corrected chi connectivity index (χ1v) is 13.7. The lowest BCUT2D eigenvalue weighted by Gasteiger charge is -2.43. The molecule has 1 saturated heterocycles. The summed E-state index contributed by atoms with van der Waals surface area (Å²) >= 11 is 6.60. The molecule has 10 nitrogen and oxygen atoms in total. The van der Waals surface area contributed by atoms with E-state index < -0.39 is 47.1 Å². The molecule has 7 atom stereocenters. The number of nitrogens with one attached hydrogen (secondary N) is 1. The Labute approximate surface area is 239 Å². The van der Waals surface area contributed by atoms with Gasteiger partial charge in [0.2, 0.25) is 5.91 Å². The third-order valence-corrected chi connectivity index (χ3v) is 9.16. The summed E-state index contributed by atoms with van der Waals surface area (Å²) in [5, 5.41) is 37.0. The van der Waals surface area contributed by atoms with E-state index in [0.29, 0.717) is 17.9 Å². The van der Waals surface area contributed by atoms with Gasteiger partial charge in [0.05, 0.1) is 30.9 Å². The molecule has 2 heterocycles. The topological polar surface area (TPSA) is 138 Å². The predicted molar refractivity (Wildman–Crippen MR) is 149 cm³/mol. The van der Waals surface area contributed by atoms with Crippen LogP contribution in [0.3, 0.4) is 0 Å². The maximum absolute atomic E-state index is 13.4. The average Bonchev–Trinajstić information content (AvgIpc) is 3.45. The van der Waals surface area contributed by atoms with E-state index in [-0.39, 0.29) is 30.2 Å². The Balaban J connectivity index is 1.78. The Morgan fingerprint density at radius 3 is 2.58 bits per heavy atom. The summed E-state index contributed by atoms with van der Waals surface area (Å²) in [6.07, 6.45) is 1.80. The number of methoxy groups -OCH3 is 2. The van der Waals surface area contributed by atoms with E-state index >= 15 is 0 Å². The van der Waals surface area contributed by atoms with Gasteiger partial charge in [-0.1, -0.05) is 49.2 Å². The Kier molecular flexibility index (Phi) is 8.33. The Morgan fingerprint density at radius 1 is 1.23 bits per heavy atom. The number of ether oxygens (including phenoxy) is 3. The number of benzene rings is 1. The zero-order valence-corrected chi connectivity index (χ0v) is 24.5. The molecule has 2 aliphatic heterocycles. The fraction of sp³-hybridized carbons (Fsp3) is 0.586. The zero-order valence-electron chi connectivity index (χ0n) is 23.7. The first kappa shape index (κ1) is 30.3. The SMILES string of the molecule is COc1cc2cc(c1Cl)N(C)C(=O)CC1(O)C[C@]1(C)C(O)[C@H](C)[C@@H]1C[C@@](O)(NC(=O)O1)[C@H](OC)/C=C/C=C(\C)C2. The Hall–Kier alpha value is -2.63. The van der Waals surface area contributed by atoms with Gasteiger partial charge in [-0.2, -0.15) is 0 Å². The predicted octanol–water partition coefficient (Wildman–Crippen LogP) is 3.10. The molecule has 0 aromatic heterocycles. The smallest absolute Gasteiger partial charge is 0.409 e. The van der Waals surface area contributed by atoms with Crippen molar-refractivity contribution in [1.82, 2.24) is 5.32 Å². The van der Waals surface area contributed by atoms with Crippen LogP contribution in [0.15, 0.2) is 35.9 Å². The second kappa shape index (κ2) is 11.0. The van der Waals surface area contributed by atoms with Crippen molar-refractivity contribution in [2.75, 3.05) is 26.2 Å². The summed E-state index contributed by atoms with van der Waals surface area (Å²) in [6, 6.07) is 3.61. The minimum atomic E-state index is -1.80. The minimum absolute atomic E-state index is 0.0667. The van der Waals surface area contributed by atoms with Crippen LogP contribution in [0.2, 0.25) is 5.02 Å². The molecule has 0 spiro atoms. The molecule has 2 unspecified atom stereocenters. The van der Waals surface area contributed by atoms with Crippen LogP contribution in [0.5, 0.6) is 5.75 Å². The molecule has 4 bridgehead atoms. The van der Waals surface area contributed by atoms with Gasteiger partial charge in [0.1, 0.15) is 23.0 Å². The fourth-order valence-corrected chi connectivity index (χ4v) is 6.30. The van der Waals surface area contributed by atoms with Crippen molar-refractivity contribution in [1.29, 1.82) is 0 Å². The largest absolute Gasteiger partial charge is 0.495 e. The summed E-state index contributed by atoms with van der Waals surface area (Å²) in [7, 11) is 4.51. The lowest BCUT2D eigenvalue weighted by atomic mass is 9.80. The standard InChI is InChI=1S/C29H39ClN2O8/c1-16-8-7-9-22(39-6)29(37)13-21(40-26(35)31-29)17(2)25(34)27(3)15-28(27,36)14-23(33)32(4)19-11-18(10-16)12-20(38-5)24(19)30/h7-9,11-12,17,21-22,25,34,36-37H,10,13-15H2,1-6H3,(H,31,35)/b9-7+,16-8+/t17-,21+,22-,25?,27-,28?,29+/m1/s1. The van der Waals surface area contributed by atoms with Gasteiger partial charge in [-0.05, 0) is 37.5 Å². The highest BCUT2D eigenvalue weighted by molar-refractivity contribution is 6.35. The molecule has 4 N–H and O–H groups in total. The third-order valence-electron chi connectivity index (χ3n) is 8.78. The molecule has 1 aromatic carbocycles. The van der Waals surface area contributed by atoms with Crippen molar-refractivity contribution < 1.29 is 39.1 Å². The van der Waals surface area contributed by atoms with Gasteiger partial charge in [-0.25, -0.2) is 4.79 Å². The number of alkyl carbamates (subject to hydrolysis) is 1. The molecule has 3 aliphatic rings. The van der Waals surface area contributed by atoms with Crippen molar-refractivity contribution in [2.24, 2.45) is 11.3 Å². The molecule has 1 aliphatic carbocycles. The first-order valence-electron chi connectivity index (χ1n) is 13.3. The second-order valence-corrected chi connectivity index (χ2v) is 12.0. The molecule has 0 radical (unpaired) electrons. The van der Waals surface area contributed by atoms with E-state index in [0.717, 1.165) is 11.1 Å². The van der Waals surface area contributed by atoms with Gasteiger partial charge < -0.3 is 34.4 Å². The highest BCUT2D eigenvalue weighted by Gasteiger charge is 2.69. The second-order valence-electron chi connectivity index (χ2n) is 11.6. The van der Waals surface area contributed by atoms with Gasteiger partial charge in [0, 0.05) is 31.9 Å². The maximum atomic E-state index is 13.4. The monoisotopic (exact) mass is 578 g/mol. The Morgan fingerprint density at radius 2 is 1.93 bits per heavy atom. The van der Waals surface area contributed by atoms with Crippen molar-refractivity contribution in [3.63, 3.8) is 0 Å². The first-order chi connectivity index (χ1) is 18.7. The van der Waals surface area contributed by atoms with Crippen LogP contribution in [0.25, 0.3) is 0 Å². The van der Waals surface area contributed by atoms with Gasteiger partial charge in [0.15, 0.2) is 5.72 Å². The van der Waals surface area contributed by atoms with Crippen molar-refractivity contribution >= 4 is 29.3 Å². The quantitative estimate of drug-likeness (QED) is 0.420. The number of hydrogen-bond donors (Lipinski definition) is 4. The van der Waals surface area contributed by atoms with Gasteiger partial charge in [-0.15, -0.1) is 0 Å². The third kappa shape index (κ3) is 5.47. The summed E-state index contributed by atoms with van der Waals surface area (Å²) in [6.45, 7) is 5.32. The lowest BCUT2D eigenvalue weighted by Crippen LogP contribution is -2.64. The number of aliphatic hydroxyl groups is 3. The molecular formula is C29H39ClN2O8. The summed E-state index contributed by atoms with van der Waals surface area (Å²) in [5.41, 5.74) is -2.11. The van der Waals surface area contributed by atoms with E-state index in [1.165, 1.54) is 19.1 Å². The number of fused-ring (bicyclic) bond motifs is 5. The molecule has 2 amide bonds. The molecule has 40 heavy (non-hydrogen) atoms. The number of nitrogens with zero attached hydrogens (tertiary/aromatic N) is 1. The van der Waals surface area contributed by atoms with E-state index in [2.05, 4.69) is 5.32 Å². The zero-order chi connectivity index (χ0) is 29.6. The maximum Gasteiger partial charge on any atom is 0.409 e. The van der Waals surface area contributed by atoms with E-state index in [9.17, 15) is 24.9 Å². The highest BCUT2D eigenvalue weighted by Crippen LogP contribution is 2.62. The van der Waals surface area contributed by atoms with Gasteiger partial charge in [0.25, 0.3) is 0 Å². The van der Waals surface area contributed by atoms with Crippen molar-refractivity contribution in [2.45, 2.75) is 76.1 Å². The van der Waals surface area contributed by atoms with Crippen LogP contribution in [0, 0.1) is 11.3 Å². The lowest BCUT2D eigenvalue weighted by molar-refractivity contribution is -0.153. The number of halogens is 1. The number of carbonyl (C=O) groups excluding carboxylic acids is 2. The van der Waals surface area contributed by atoms with Gasteiger partial charge >= 0.3 is 6.09 Å². The number of anilines is 1. The number of rotatable bonds is 2. The molecule has 2 fully saturated rings. The number of hydrogen-bond acceptors (Lipinski definition) is 8. The summed E-state index contributed by atoms with van der Waals surface area (Å²) < 4.78 is 16.5. The highest BCUT2D eigenvalue weighted by atomic mass is 35.5. The van der Waals surface area contributed by atoms with Crippen molar-refractivity contribution in [3.8, 4) is 5.75 Å². The molecular weight excluding hydrogens is 540 g/mol. The van der Waals surface area contributed by atoms with E-state index in [4.69, 9.17) is 25.8 Å². The molecule has 1 saturated carbocycles. The molecule has 220 valence electrons. The van der Waals surface area contributed by atoms with Gasteiger partial charge in [-0.3, -0.25) is 10.1 Å². The number of carbonyl (C=O) groups is 2. The van der Waals surface area contributed by atoms with Crippen LogP contribution in [0.1, 0.15) is 45.6 Å². The number of allylic oxidation sites excluding steroid dienone is 3. The minimum Gasteiger partial charge on any atom is -0.495 e. The Bertz CT molecular complexity index is 1240. The van der Waals surface area contributed by atoms with Crippen LogP contribution in [-0.2, 0) is 20.7 Å². The fourth-order valence-electron chi connectivity index (χ4n) is 5.99. The molecule has 4 rings (SSSR count). The van der Waals surface area contributed by atoms with Crippen LogP contribution < -0.4 is 15.0 Å². The van der Waals surface area contributed by atoms with Crippen LogP contribution >= 0.6 is 11.6 Å². The number of amides is 2. The van der Waals surface area contributed by atoms with E-state index in [1.54, 1.807) is 39.1 Å². The number of aliphatic hydroxyl groups excluding tert-OH is 1. The van der Waals surface area contributed by atoms with Crippen LogP contribution in [0.4, 0.5) is 10.5 Å². The summed E-state index contributed by atoms with van der Waals surface area (Å²) in [5.74, 6) is -0.650. The van der Waals surface area contributed by atoms with E-state index in [1.807, 2.05) is 19.1 Å². The van der Waals surface area contributed by atoms with Crippen molar-refractivity contribution in [3.05, 3.63) is 46.5 Å². The molecule has 1 aromatic rings. The van der Waals surface area contributed by atoms with Crippen LogP contribution in [-0.4, -0.2) is 78.2 Å². The average molecular weight is 579 g/mol. The normalized spacial score (nSPS) is 38.9. The summed E-state index contributed by atoms with van der Waals surface area (Å²) in [4.78, 5) is 27.3. The molecule has 11 heteroatoms.